The van der Waals surface area contributed by atoms with E-state index in [1.807, 2.05) is 13.0 Å². The van der Waals surface area contributed by atoms with Crippen molar-refractivity contribution in [3.63, 3.8) is 0 Å². The van der Waals surface area contributed by atoms with Gasteiger partial charge >= 0.3 is 12.0 Å². The fraction of sp³-hybridized carbons (Fsp3) is 0.267. The second-order valence-corrected chi connectivity index (χ2v) is 9.69. The number of rotatable bonds is 9. The Kier molecular flexibility index (Phi) is 9.18. The average molecular weight is 563 g/mol. The molecule has 214 valence electrons. The summed E-state index contributed by atoms with van der Waals surface area (Å²) >= 11 is 0. The van der Waals surface area contributed by atoms with Crippen LogP contribution >= 0.6 is 0 Å². The fourth-order valence-corrected chi connectivity index (χ4v) is 4.69. The smallest absolute Gasteiger partial charge is 0.323 e. The zero-order valence-corrected chi connectivity index (χ0v) is 22.7. The van der Waals surface area contributed by atoms with E-state index in [-0.39, 0.29) is 19.5 Å². The van der Waals surface area contributed by atoms with Gasteiger partial charge in [-0.05, 0) is 60.0 Å². The Morgan fingerprint density at radius 2 is 1.68 bits per heavy atom. The molecule has 10 nitrogen and oxygen atoms in total. The first-order chi connectivity index (χ1) is 19.6. The average Bonchev–Trinajstić information content (AvgIpc) is 3.39. The summed E-state index contributed by atoms with van der Waals surface area (Å²) in [6.45, 7) is 2.04. The summed E-state index contributed by atoms with van der Waals surface area (Å²) in [6.07, 6.45) is -1.86. The number of methoxy groups -OCH3 is 1. The standard InChI is InChI=1S/C30H31FN4O6/c1-19-4-3-5-23(16-19)32-30(40)35-15-14-34(26(36)17-20-6-12-24(41-2)13-7-20)29(35)28(39)33-25(18-27(37)38)21-8-10-22(31)11-9-21/h3-13,16,25,29H,14-15,17-18H2,1-2H3,(H,32,40)(H,33,39)(H,37,38). The van der Waals surface area contributed by atoms with Crippen LogP contribution in [0.1, 0.15) is 29.2 Å². The number of ether oxygens (including phenoxy) is 1. The van der Waals surface area contributed by atoms with Gasteiger partial charge in [-0.1, -0.05) is 36.4 Å². The summed E-state index contributed by atoms with van der Waals surface area (Å²) in [4.78, 5) is 54.7. The molecule has 0 aliphatic carbocycles. The molecule has 0 spiro atoms. The SMILES string of the molecule is COc1ccc(CC(=O)N2CCN(C(=O)Nc3cccc(C)c3)C2C(=O)NC(CC(=O)O)c2ccc(F)cc2)cc1. The molecule has 4 rings (SSSR count). The van der Waals surface area contributed by atoms with Crippen LogP contribution < -0.4 is 15.4 Å². The van der Waals surface area contributed by atoms with Gasteiger partial charge in [0.2, 0.25) is 5.91 Å². The third-order valence-corrected chi connectivity index (χ3v) is 6.74. The van der Waals surface area contributed by atoms with Crippen LogP contribution in [0.3, 0.4) is 0 Å². The van der Waals surface area contributed by atoms with E-state index in [0.29, 0.717) is 22.6 Å². The Balaban J connectivity index is 1.60. The number of carbonyl (C=O) groups excluding carboxylic acids is 3. The highest BCUT2D eigenvalue weighted by Crippen LogP contribution is 2.23. The maximum absolute atomic E-state index is 13.7. The largest absolute Gasteiger partial charge is 0.497 e. The molecule has 4 amide bonds. The van der Waals surface area contributed by atoms with Crippen molar-refractivity contribution in [2.75, 3.05) is 25.5 Å². The first-order valence-electron chi connectivity index (χ1n) is 13.0. The number of benzene rings is 3. The molecule has 3 N–H and O–H groups in total. The van der Waals surface area contributed by atoms with E-state index in [2.05, 4.69) is 10.6 Å². The van der Waals surface area contributed by atoms with E-state index >= 15 is 0 Å². The van der Waals surface area contributed by atoms with Crippen LogP contribution in [-0.2, 0) is 20.8 Å². The summed E-state index contributed by atoms with van der Waals surface area (Å²) in [6, 6.07) is 17.5. The number of urea groups is 1. The Hall–Kier alpha value is -4.93. The van der Waals surface area contributed by atoms with E-state index in [4.69, 9.17) is 4.74 Å². The van der Waals surface area contributed by atoms with Gasteiger partial charge in [0.25, 0.3) is 5.91 Å². The molecule has 41 heavy (non-hydrogen) atoms. The van der Waals surface area contributed by atoms with Gasteiger partial charge in [-0.25, -0.2) is 9.18 Å². The minimum atomic E-state index is -1.35. The number of carboxylic acids is 1. The number of aliphatic carboxylic acids is 1. The Morgan fingerprint density at radius 3 is 2.32 bits per heavy atom. The highest BCUT2D eigenvalue weighted by atomic mass is 19.1. The predicted octanol–water partition coefficient (Wildman–Crippen LogP) is 3.72. The first kappa shape index (κ1) is 29.1. The third kappa shape index (κ3) is 7.38. The fourth-order valence-electron chi connectivity index (χ4n) is 4.69. The monoisotopic (exact) mass is 562 g/mol. The van der Waals surface area contributed by atoms with Gasteiger partial charge in [0, 0.05) is 18.8 Å². The maximum atomic E-state index is 13.7. The highest BCUT2D eigenvalue weighted by molar-refractivity contribution is 5.96. The predicted molar refractivity (Wildman–Crippen MR) is 149 cm³/mol. The third-order valence-electron chi connectivity index (χ3n) is 6.74. The van der Waals surface area contributed by atoms with Crippen LogP contribution in [0.4, 0.5) is 14.9 Å². The Labute approximate surface area is 236 Å². The lowest BCUT2D eigenvalue weighted by Crippen LogP contribution is -2.55. The van der Waals surface area contributed by atoms with E-state index in [9.17, 15) is 28.7 Å². The molecule has 3 aromatic rings. The molecular formula is C30H31FN4O6. The molecule has 0 bridgehead atoms. The number of halogens is 1. The van der Waals surface area contributed by atoms with E-state index in [1.54, 1.807) is 42.5 Å². The van der Waals surface area contributed by atoms with Crippen LogP contribution in [0.25, 0.3) is 0 Å². The Bertz CT molecular complexity index is 1410. The second-order valence-electron chi connectivity index (χ2n) is 9.69. The summed E-state index contributed by atoms with van der Waals surface area (Å²) in [5.41, 5.74) is 2.50. The van der Waals surface area contributed by atoms with Crippen molar-refractivity contribution in [2.24, 2.45) is 0 Å². The molecule has 2 unspecified atom stereocenters. The number of nitrogens with zero attached hydrogens (tertiary/aromatic N) is 2. The van der Waals surface area contributed by atoms with Gasteiger partial charge in [0.1, 0.15) is 11.6 Å². The highest BCUT2D eigenvalue weighted by Gasteiger charge is 2.43. The number of hydrogen-bond acceptors (Lipinski definition) is 5. The van der Waals surface area contributed by atoms with Crippen LogP contribution in [0.15, 0.2) is 72.8 Å². The molecule has 0 radical (unpaired) electrons. The van der Waals surface area contributed by atoms with Crippen LogP contribution in [0.5, 0.6) is 5.75 Å². The lowest BCUT2D eigenvalue weighted by molar-refractivity contribution is -0.142. The second kappa shape index (κ2) is 12.9. The van der Waals surface area contributed by atoms with Crippen molar-refractivity contribution < 1.29 is 33.4 Å². The topological polar surface area (TPSA) is 128 Å². The van der Waals surface area contributed by atoms with E-state index in [1.165, 1.54) is 29.0 Å². The summed E-state index contributed by atoms with van der Waals surface area (Å²) in [7, 11) is 1.54. The minimum Gasteiger partial charge on any atom is -0.497 e. The van der Waals surface area contributed by atoms with Crippen molar-refractivity contribution in [3.8, 4) is 5.75 Å². The van der Waals surface area contributed by atoms with Crippen molar-refractivity contribution in [1.29, 1.82) is 0 Å². The summed E-state index contributed by atoms with van der Waals surface area (Å²) < 4.78 is 18.7. The summed E-state index contributed by atoms with van der Waals surface area (Å²) in [5.74, 6) is -2.20. The van der Waals surface area contributed by atoms with Gasteiger partial charge in [-0.2, -0.15) is 0 Å². The number of nitrogens with one attached hydrogen (secondary N) is 2. The van der Waals surface area contributed by atoms with Crippen LogP contribution in [-0.4, -0.2) is 65.1 Å². The van der Waals surface area contributed by atoms with Gasteiger partial charge in [0.05, 0.1) is 26.0 Å². The van der Waals surface area contributed by atoms with Crippen molar-refractivity contribution in [2.45, 2.75) is 32.0 Å². The molecule has 1 heterocycles. The van der Waals surface area contributed by atoms with Crippen molar-refractivity contribution in [1.82, 2.24) is 15.1 Å². The number of carboxylic acid groups (broad SMARTS) is 1. The number of hydrogen-bond donors (Lipinski definition) is 3. The molecule has 1 aliphatic heterocycles. The first-order valence-corrected chi connectivity index (χ1v) is 13.0. The van der Waals surface area contributed by atoms with Crippen LogP contribution in [0, 0.1) is 12.7 Å². The van der Waals surface area contributed by atoms with Gasteiger partial charge < -0.3 is 25.4 Å². The Morgan fingerprint density at radius 1 is 1.00 bits per heavy atom. The van der Waals surface area contributed by atoms with E-state index in [0.717, 1.165) is 17.7 Å². The number of carbonyl (C=O) groups is 4. The van der Waals surface area contributed by atoms with Gasteiger partial charge in [-0.15, -0.1) is 0 Å². The molecule has 11 heteroatoms. The zero-order valence-electron chi connectivity index (χ0n) is 22.7. The lowest BCUT2D eigenvalue weighted by atomic mass is 10.0. The number of anilines is 1. The lowest BCUT2D eigenvalue weighted by Gasteiger charge is -2.31. The minimum absolute atomic E-state index is 0.0301. The molecule has 0 saturated carbocycles. The van der Waals surface area contributed by atoms with E-state index < -0.39 is 48.3 Å². The quantitative estimate of drug-likeness (QED) is 0.365. The molecule has 2 atom stereocenters. The molecule has 1 fully saturated rings. The normalized spacial score (nSPS) is 15.2. The van der Waals surface area contributed by atoms with Gasteiger partial charge in [0.15, 0.2) is 6.17 Å². The van der Waals surface area contributed by atoms with Crippen molar-refractivity contribution in [3.05, 3.63) is 95.3 Å². The molecule has 1 aliphatic rings. The number of amides is 4. The summed E-state index contributed by atoms with van der Waals surface area (Å²) in [5, 5.41) is 14.9. The zero-order chi connectivity index (χ0) is 29.5. The van der Waals surface area contributed by atoms with Crippen LogP contribution in [0.2, 0.25) is 0 Å². The van der Waals surface area contributed by atoms with Gasteiger partial charge in [-0.3, -0.25) is 19.3 Å². The molecular weight excluding hydrogens is 531 g/mol. The maximum Gasteiger partial charge on any atom is 0.323 e. The molecule has 3 aromatic carbocycles. The molecule has 0 aromatic heterocycles. The number of aryl methyl sites for hydroxylation is 1. The molecule has 1 saturated heterocycles. The van der Waals surface area contributed by atoms with Crippen molar-refractivity contribution >= 4 is 29.5 Å².